The van der Waals surface area contributed by atoms with Crippen LogP contribution in [0.1, 0.15) is 99.7 Å². The topological polar surface area (TPSA) is 279 Å². The standard InChI is InChI=1S/C28H28N4O3.C23H24N4O.C16H21NO3.C12H8BrN3.C12H10N4.3CH4.B.2BrH.Cu.H2/c1-28(2,3)35-27(33)31-23(15-20-5-11-26(34-4)12-6-20)8-9-24-18-32(19-30-24)25-10-7-22-17-29-14-13-21(22)16-25;1-28-23-8-2-17(3-9-23)12-20(24)5-6-21-15-27(16-26-21)22-7-4-19-14-25-11-10-18(19)13-22;1-6-13(17-15(18)20-16(2,3)4)11-12-7-9-14(19-5)10-8-12;2*13-12-7-16(8-15-12)11-2-1-10-6-14-4-3-9(10)5-11;;;;;;;;/h5-7,10-14,16-19,23H,15H2,1-4H3,(H,31,33);2-4,7-11,13-16,20H,5-6,12,24H2,1H3;1,7-10,13H,11H2,2-5H3,(H,17,18);1-8H;1-8H,13H2;3*1H4;;2*1H;;1H/q;;;;;;;;;;;+2;/p-2/t23-;20-;13-;;;;;;;;;;/m111........../s1/i;;;;;;;;;;;;1+1. The van der Waals surface area contributed by atoms with E-state index in [1.165, 1.54) is 27.7 Å². The minimum atomic E-state index is -0.600. The summed E-state index contributed by atoms with van der Waals surface area (Å²) in [4.78, 5) is 57.7. The molecule has 3 radical (unpaired) electrons. The second-order valence-corrected chi connectivity index (χ2v) is 34.3. The number of nitrogens with one attached hydrogen (secondary N) is 2. The summed E-state index contributed by atoms with van der Waals surface area (Å²) in [5.41, 5.74) is 19.9. The summed E-state index contributed by atoms with van der Waals surface area (Å²) in [6.45, 7) is 10.9. The predicted molar refractivity (Wildman–Crippen MR) is 502 cm³/mol. The average molecular weight is 1890 g/mol. The van der Waals surface area contributed by atoms with Gasteiger partial charge < -0.3 is 64.1 Å². The number of imidazole rings is 4. The Kier molecular flexibility index (Phi) is 39.6. The molecule has 0 aliphatic rings. The van der Waals surface area contributed by atoms with Crippen molar-refractivity contribution in [2.24, 2.45) is 5.73 Å². The van der Waals surface area contributed by atoms with E-state index in [4.69, 9.17) is 41.6 Å². The molecule has 0 spiro atoms. The summed E-state index contributed by atoms with van der Waals surface area (Å²) in [6, 6.07) is 55.3. The number of carbonyl (C=O) groups excluding carboxylic acids is 2. The van der Waals surface area contributed by atoms with E-state index in [1.54, 1.807) is 85.9 Å². The second kappa shape index (κ2) is 48.9. The van der Waals surface area contributed by atoms with Crippen LogP contribution in [0.4, 0.5) is 15.4 Å². The van der Waals surface area contributed by atoms with Crippen molar-refractivity contribution in [1.29, 1.82) is 0 Å². The SMILES string of the molecule is Brc1cn(-c2ccc3cnccc3c2)cn1.C.C.C.C#C[C@H](Cc1ccc(OC)cc1)NC(=O)OC(C)(C)C.COc1ccc(C[C@@H](C#Cc2cn(-c3ccc4cnccc4c3)cn2)NC(=O)OC(C)(C)C)cc1.COc1ccc(C[C@H](N)CCc2cn(-c3ccc4cnccc4c3)cn2)cc1.Nc1cn(-c2ccc3cnccc3c2)cn1.[2HH].[B].[Br][Cu][Br]. The van der Waals surface area contributed by atoms with Crippen LogP contribution in [0.25, 0.3) is 65.8 Å². The molecule has 0 unspecified atom stereocenters. The van der Waals surface area contributed by atoms with Crippen molar-refractivity contribution in [3.63, 3.8) is 0 Å². The van der Waals surface area contributed by atoms with Crippen LogP contribution in [-0.2, 0) is 46.5 Å². The predicted octanol–water partition coefficient (Wildman–Crippen LogP) is 20.3. The zero-order chi connectivity index (χ0) is 84.0. The van der Waals surface area contributed by atoms with Gasteiger partial charge in [-0.2, -0.15) is 0 Å². The zero-order valence-electron chi connectivity index (χ0n) is 67.1. The van der Waals surface area contributed by atoms with Gasteiger partial charge in [-0.05, 0) is 230 Å². The molecule has 2 amide bonds. The van der Waals surface area contributed by atoms with Gasteiger partial charge in [-0.1, -0.05) is 94.8 Å². The summed E-state index contributed by atoms with van der Waals surface area (Å²) in [5.74, 6) is 11.7. The van der Waals surface area contributed by atoms with Gasteiger partial charge in [-0.25, -0.2) is 29.5 Å². The summed E-state index contributed by atoms with van der Waals surface area (Å²) in [6.07, 6.45) is 37.5. The number of aryl methyl sites for hydroxylation is 1. The fourth-order valence-corrected chi connectivity index (χ4v) is 12.2. The summed E-state index contributed by atoms with van der Waals surface area (Å²) >= 11 is 10.7. The van der Waals surface area contributed by atoms with E-state index >= 15 is 0 Å². The molecule has 638 valence electrons. The Hall–Kier alpha value is -12.1. The quantitative estimate of drug-likeness (QED) is 0.0459. The van der Waals surface area contributed by atoms with Gasteiger partial charge in [-0.15, -0.1) is 6.42 Å². The molecular formula is C94H105BBr3CuN16O7. The Morgan fingerprint density at radius 1 is 0.484 bits per heavy atom. The number of halogens is 3. The van der Waals surface area contributed by atoms with Crippen LogP contribution in [0.15, 0.2) is 274 Å². The van der Waals surface area contributed by atoms with E-state index in [0.29, 0.717) is 24.4 Å². The number of methoxy groups -OCH3 is 3. The Morgan fingerprint density at radius 2 is 0.836 bits per heavy atom. The zero-order valence-corrected chi connectivity index (χ0v) is 72.8. The fourth-order valence-electron chi connectivity index (χ4n) is 11.9. The molecule has 6 N–H and O–H groups in total. The Bertz CT molecular complexity index is 5760. The number of amides is 2. The van der Waals surface area contributed by atoms with Gasteiger partial charge in [0.2, 0.25) is 0 Å². The molecule has 0 saturated heterocycles. The van der Waals surface area contributed by atoms with E-state index < -0.39 is 35.5 Å². The Labute approximate surface area is 747 Å². The number of aromatic nitrogens is 12. The Balaban J connectivity index is 0.000000276. The molecule has 28 heteroatoms. The summed E-state index contributed by atoms with van der Waals surface area (Å²) in [5, 5.41) is 14.6. The molecule has 0 aliphatic carbocycles. The van der Waals surface area contributed by atoms with Gasteiger partial charge in [0.1, 0.15) is 63.5 Å². The molecule has 7 aromatic carbocycles. The maximum absolute atomic E-state index is 12.4. The molecule has 0 fully saturated rings. The number of benzene rings is 7. The van der Waals surface area contributed by atoms with E-state index in [1.807, 2.05) is 193 Å². The average Bonchev–Trinajstić information content (AvgIpc) is 1.33. The number of alkyl carbamates (subject to hydrolysis) is 2. The monoisotopic (exact) mass is 1880 g/mol. The molecule has 122 heavy (non-hydrogen) atoms. The second-order valence-electron chi connectivity index (χ2n) is 28.7. The van der Waals surface area contributed by atoms with Crippen LogP contribution < -0.4 is 36.3 Å². The van der Waals surface area contributed by atoms with E-state index in [2.05, 4.69) is 184 Å². The van der Waals surface area contributed by atoms with Crippen LogP contribution >= 0.6 is 44.2 Å². The number of rotatable bonds is 18. The first kappa shape index (κ1) is 98.7. The number of nitrogens with zero attached hydrogens (tertiary/aromatic N) is 12. The molecular weight excluding hydrogens is 1780 g/mol. The fraction of sp³-hybridized carbons (Fsp3) is 0.234. The van der Waals surface area contributed by atoms with Crippen LogP contribution in [0, 0.1) is 24.2 Å². The molecule has 23 nitrogen and oxygen atoms in total. The van der Waals surface area contributed by atoms with Crippen molar-refractivity contribution in [3.8, 4) is 64.2 Å². The van der Waals surface area contributed by atoms with Gasteiger partial charge in [-0.3, -0.25) is 19.9 Å². The Morgan fingerprint density at radius 3 is 1.20 bits per heavy atom. The van der Waals surface area contributed by atoms with Crippen LogP contribution in [0.2, 0.25) is 0 Å². The molecule has 0 aliphatic heterocycles. The van der Waals surface area contributed by atoms with Crippen molar-refractivity contribution in [2.75, 3.05) is 27.1 Å². The van der Waals surface area contributed by atoms with Gasteiger partial charge >= 0.3 is 51.7 Å². The molecule has 3 atom stereocenters. The van der Waals surface area contributed by atoms with E-state index in [0.717, 1.165) is 113 Å². The van der Waals surface area contributed by atoms with Crippen molar-refractivity contribution in [3.05, 3.63) is 302 Å². The molecule has 0 saturated carbocycles. The number of terminal acetylenes is 1. The number of nitrogen functional groups attached to an aromatic ring is 1. The molecule has 8 aromatic heterocycles. The number of fused-ring (bicyclic) bond motifs is 4. The molecule has 8 heterocycles. The third kappa shape index (κ3) is 31.5. The van der Waals surface area contributed by atoms with Crippen LogP contribution in [0.3, 0.4) is 0 Å². The first-order valence-corrected chi connectivity index (χ1v) is 42.7. The third-order valence-corrected chi connectivity index (χ3v) is 18.1. The summed E-state index contributed by atoms with van der Waals surface area (Å²) in [7, 11) is 4.92. The van der Waals surface area contributed by atoms with Crippen molar-refractivity contribution < 1.29 is 46.0 Å². The first-order valence-electron chi connectivity index (χ1n) is 37.3. The number of nitrogens with two attached hydrogens (primary N) is 2. The summed E-state index contributed by atoms with van der Waals surface area (Å²) < 4.78 is 34.8. The number of hydrogen-bond acceptors (Lipinski definition) is 17. The number of carbonyl (C=O) groups is 2. The number of pyridine rings is 4. The molecule has 15 rings (SSSR count). The van der Waals surface area contributed by atoms with Crippen molar-refractivity contribution in [2.45, 2.75) is 125 Å². The van der Waals surface area contributed by atoms with Gasteiger partial charge in [0.05, 0.1) is 51.6 Å². The number of anilines is 1. The van der Waals surface area contributed by atoms with Gasteiger partial charge in [0.25, 0.3) is 0 Å². The minimum absolute atomic E-state index is 0. The normalized spacial score (nSPS) is 11.2. The van der Waals surface area contributed by atoms with Gasteiger partial charge in [0.15, 0.2) is 0 Å². The van der Waals surface area contributed by atoms with E-state index in [9.17, 15) is 9.59 Å². The maximum atomic E-state index is 12.4. The van der Waals surface area contributed by atoms with Crippen molar-refractivity contribution >= 4 is 114 Å². The molecule has 15 aromatic rings. The van der Waals surface area contributed by atoms with Crippen LogP contribution in [0.5, 0.6) is 17.2 Å². The van der Waals surface area contributed by atoms with Crippen molar-refractivity contribution in [1.82, 2.24) is 68.8 Å². The first-order chi connectivity index (χ1) is 56.9. The molecule has 0 bridgehead atoms. The van der Waals surface area contributed by atoms with Gasteiger partial charge in [0, 0.05) is 141 Å². The third-order valence-electron chi connectivity index (χ3n) is 17.6. The number of ether oxygens (including phenoxy) is 5. The number of hydrogen-bond donors (Lipinski definition) is 4. The van der Waals surface area contributed by atoms with E-state index in [-0.39, 0.29) is 38.2 Å². The van der Waals surface area contributed by atoms with Crippen LogP contribution in [-0.4, -0.2) is 129 Å².